The Morgan fingerprint density at radius 1 is 0.925 bits per heavy atom. The van der Waals surface area contributed by atoms with Gasteiger partial charge in [-0.05, 0) is 43.7 Å². The van der Waals surface area contributed by atoms with E-state index in [4.69, 9.17) is 27.9 Å². The number of rotatable bonds is 12. The zero-order valence-electron chi connectivity index (χ0n) is 22.8. The number of methoxy groups -OCH3 is 1. The molecule has 0 aliphatic carbocycles. The van der Waals surface area contributed by atoms with Gasteiger partial charge in [0.1, 0.15) is 18.3 Å². The minimum absolute atomic E-state index is 0.121. The minimum Gasteiger partial charge on any atom is -0.495 e. The van der Waals surface area contributed by atoms with Crippen molar-refractivity contribution in [2.45, 2.75) is 38.9 Å². The molecule has 1 N–H and O–H groups in total. The van der Waals surface area contributed by atoms with Crippen LogP contribution in [-0.4, -0.2) is 57.1 Å². The number of carbonyl (C=O) groups is 2. The van der Waals surface area contributed by atoms with Crippen molar-refractivity contribution in [3.63, 3.8) is 0 Å². The van der Waals surface area contributed by atoms with Crippen LogP contribution in [0.3, 0.4) is 0 Å². The molecular weight excluding hydrogens is 573 g/mol. The van der Waals surface area contributed by atoms with Crippen LogP contribution in [0.15, 0.2) is 72.8 Å². The van der Waals surface area contributed by atoms with Crippen molar-refractivity contribution in [2.24, 2.45) is 0 Å². The second kappa shape index (κ2) is 13.9. The summed E-state index contributed by atoms with van der Waals surface area (Å²) in [5.41, 5.74) is 1.46. The van der Waals surface area contributed by atoms with Gasteiger partial charge in [0.05, 0.1) is 19.1 Å². The Hall–Kier alpha value is -3.27. The molecule has 0 bridgehead atoms. The van der Waals surface area contributed by atoms with Crippen LogP contribution in [0.5, 0.6) is 5.75 Å². The molecule has 0 aromatic heterocycles. The van der Waals surface area contributed by atoms with Crippen LogP contribution < -0.4 is 14.4 Å². The van der Waals surface area contributed by atoms with E-state index in [2.05, 4.69) is 5.32 Å². The van der Waals surface area contributed by atoms with Crippen molar-refractivity contribution < 1.29 is 22.7 Å². The average molecular weight is 607 g/mol. The number of nitrogens with zero attached hydrogens (tertiary/aromatic N) is 2. The predicted octanol–water partition coefficient (Wildman–Crippen LogP) is 4.93. The van der Waals surface area contributed by atoms with E-state index in [0.717, 1.165) is 16.1 Å². The van der Waals surface area contributed by atoms with Gasteiger partial charge in [0.25, 0.3) is 0 Å². The Bertz CT molecular complexity index is 1410. The molecule has 0 aliphatic heterocycles. The fourth-order valence-corrected chi connectivity index (χ4v) is 5.59. The van der Waals surface area contributed by atoms with Crippen LogP contribution in [0.25, 0.3) is 0 Å². The molecule has 0 unspecified atom stereocenters. The van der Waals surface area contributed by atoms with Gasteiger partial charge < -0.3 is 15.0 Å². The number of nitrogens with one attached hydrogen (secondary N) is 1. The lowest BCUT2D eigenvalue weighted by Gasteiger charge is -2.34. The Morgan fingerprint density at radius 3 is 2.10 bits per heavy atom. The number of carbonyl (C=O) groups excluding carboxylic acids is 2. The smallest absolute Gasteiger partial charge is 0.244 e. The van der Waals surface area contributed by atoms with Crippen LogP contribution >= 0.6 is 23.2 Å². The van der Waals surface area contributed by atoms with Crippen LogP contribution in [-0.2, 0) is 32.6 Å². The molecular formula is C29H33Cl2N3O5S. The number of hydrogen-bond acceptors (Lipinski definition) is 5. The summed E-state index contributed by atoms with van der Waals surface area (Å²) >= 11 is 13.0. The summed E-state index contributed by atoms with van der Waals surface area (Å²) in [6, 6.07) is 19.5. The number of benzene rings is 3. The average Bonchev–Trinajstić information content (AvgIpc) is 2.90. The molecule has 2 amide bonds. The number of anilines is 1. The van der Waals surface area contributed by atoms with E-state index in [1.165, 1.54) is 12.0 Å². The third-order valence-electron chi connectivity index (χ3n) is 6.13. The van der Waals surface area contributed by atoms with E-state index in [0.29, 0.717) is 15.6 Å². The van der Waals surface area contributed by atoms with Crippen molar-refractivity contribution in [2.75, 3.05) is 24.2 Å². The summed E-state index contributed by atoms with van der Waals surface area (Å²) < 4.78 is 32.2. The van der Waals surface area contributed by atoms with Gasteiger partial charge in [-0.2, -0.15) is 0 Å². The van der Waals surface area contributed by atoms with E-state index in [1.807, 2.05) is 44.2 Å². The van der Waals surface area contributed by atoms with E-state index in [1.54, 1.807) is 42.5 Å². The molecule has 1 atom stereocenters. The van der Waals surface area contributed by atoms with Gasteiger partial charge in [-0.15, -0.1) is 0 Å². The molecule has 0 aliphatic rings. The number of halogens is 2. The van der Waals surface area contributed by atoms with E-state index < -0.39 is 34.4 Å². The minimum atomic E-state index is -3.94. The maximum Gasteiger partial charge on any atom is 0.244 e. The van der Waals surface area contributed by atoms with Gasteiger partial charge in [-0.1, -0.05) is 71.7 Å². The Balaban J connectivity index is 2.12. The quantitative estimate of drug-likeness (QED) is 0.316. The molecule has 3 rings (SSSR count). The summed E-state index contributed by atoms with van der Waals surface area (Å²) in [6.45, 7) is 2.94. The molecule has 40 heavy (non-hydrogen) atoms. The highest BCUT2D eigenvalue weighted by Gasteiger charge is 2.34. The summed E-state index contributed by atoms with van der Waals surface area (Å²) in [5.74, 6) is -0.731. The Kier molecular flexibility index (Phi) is 10.8. The lowest BCUT2D eigenvalue weighted by Crippen LogP contribution is -2.54. The first-order valence-electron chi connectivity index (χ1n) is 12.6. The highest BCUT2D eigenvalue weighted by atomic mass is 35.5. The van der Waals surface area contributed by atoms with Crippen molar-refractivity contribution in [3.05, 3.63) is 94.0 Å². The highest BCUT2D eigenvalue weighted by molar-refractivity contribution is 7.92. The fraction of sp³-hybridized carbons (Fsp3) is 0.310. The molecule has 0 heterocycles. The predicted molar refractivity (Wildman–Crippen MR) is 159 cm³/mol. The van der Waals surface area contributed by atoms with Crippen LogP contribution in [0.2, 0.25) is 10.0 Å². The van der Waals surface area contributed by atoms with Gasteiger partial charge in [-0.25, -0.2) is 8.42 Å². The standard InChI is InChI=1S/C29H33Cl2N3O5S/c1-20(2)32-29(36)26(17-21-11-6-5-7-12-21)33(18-22-23(30)13-10-14-24(22)31)28(35)19-34(40(4,37)38)25-15-8-9-16-27(25)39-3/h5-16,20,26H,17-19H2,1-4H3,(H,32,36)/t26-/m1/s1. The van der Waals surface area contributed by atoms with E-state index in [9.17, 15) is 18.0 Å². The topological polar surface area (TPSA) is 96.0 Å². The summed E-state index contributed by atoms with van der Waals surface area (Å²) in [5, 5.41) is 3.53. The third-order valence-corrected chi connectivity index (χ3v) is 7.96. The molecule has 0 saturated carbocycles. The van der Waals surface area contributed by atoms with Crippen molar-refractivity contribution in [1.29, 1.82) is 0 Å². The second-order valence-electron chi connectivity index (χ2n) is 9.53. The normalized spacial score (nSPS) is 12.1. The zero-order valence-corrected chi connectivity index (χ0v) is 25.1. The Labute approximate surface area is 245 Å². The molecule has 0 fully saturated rings. The fourth-order valence-electron chi connectivity index (χ4n) is 4.22. The van der Waals surface area contributed by atoms with Gasteiger partial charge in [0, 0.05) is 34.6 Å². The number of para-hydroxylation sites is 2. The number of sulfonamides is 1. The van der Waals surface area contributed by atoms with Crippen molar-refractivity contribution >= 4 is 50.7 Å². The van der Waals surface area contributed by atoms with E-state index >= 15 is 0 Å². The molecule has 11 heteroatoms. The van der Waals surface area contributed by atoms with Gasteiger partial charge in [0.2, 0.25) is 21.8 Å². The lowest BCUT2D eigenvalue weighted by molar-refractivity contribution is -0.140. The molecule has 0 radical (unpaired) electrons. The molecule has 0 spiro atoms. The van der Waals surface area contributed by atoms with Gasteiger partial charge in [-0.3, -0.25) is 13.9 Å². The lowest BCUT2D eigenvalue weighted by atomic mass is 10.0. The maximum absolute atomic E-state index is 14.1. The third kappa shape index (κ3) is 8.13. The van der Waals surface area contributed by atoms with Crippen LogP contribution in [0.4, 0.5) is 5.69 Å². The molecule has 0 saturated heterocycles. The second-order valence-corrected chi connectivity index (χ2v) is 12.3. The van der Waals surface area contributed by atoms with Crippen LogP contribution in [0.1, 0.15) is 25.0 Å². The zero-order chi connectivity index (χ0) is 29.4. The first-order chi connectivity index (χ1) is 18.9. The number of ether oxygens (including phenoxy) is 1. The number of amides is 2. The molecule has 8 nitrogen and oxygen atoms in total. The summed E-state index contributed by atoms with van der Waals surface area (Å²) in [7, 11) is -2.52. The van der Waals surface area contributed by atoms with E-state index in [-0.39, 0.29) is 30.4 Å². The van der Waals surface area contributed by atoms with Crippen molar-refractivity contribution in [1.82, 2.24) is 10.2 Å². The molecule has 3 aromatic rings. The summed E-state index contributed by atoms with van der Waals surface area (Å²) in [4.78, 5) is 29.1. The molecule has 3 aromatic carbocycles. The van der Waals surface area contributed by atoms with Gasteiger partial charge in [0.15, 0.2) is 0 Å². The van der Waals surface area contributed by atoms with Crippen molar-refractivity contribution in [3.8, 4) is 5.75 Å². The molecule has 214 valence electrons. The SMILES string of the molecule is COc1ccccc1N(CC(=O)N(Cc1c(Cl)cccc1Cl)[C@H](Cc1ccccc1)C(=O)NC(C)C)S(C)(=O)=O. The summed E-state index contributed by atoms with van der Waals surface area (Å²) in [6.07, 6.45) is 1.19. The maximum atomic E-state index is 14.1. The Morgan fingerprint density at radius 2 is 1.52 bits per heavy atom. The first kappa shape index (κ1) is 31.3. The van der Waals surface area contributed by atoms with Gasteiger partial charge >= 0.3 is 0 Å². The largest absolute Gasteiger partial charge is 0.495 e. The van der Waals surface area contributed by atoms with Crippen LogP contribution in [0, 0.1) is 0 Å². The first-order valence-corrected chi connectivity index (χ1v) is 15.2. The number of hydrogen-bond donors (Lipinski definition) is 1. The highest BCUT2D eigenvalue weighted by Crippen LogP contribution is 2.31. The monoisotopic (exact) mass is 605 g/mol.